The molecule has 0 bridgehead atoms. The second-order valence-corrected chi connectivity index (χ2v) is 3.94. The smallest absolute Gasteiger partial charge is 0.129 e. The molecule has 88 valence electrons. The van der Waals surface area contributed by atoms with Crippen LogP contribution >= 0.6 is 0 Å². The van der Waals surface area contributed by atoms with Crippen LogP contribution in [-0.2, 0) is 6.42 Å². The van der Waals surface area contributed by atoms with Crippen molar-refractivity contribution in [2.45, 2.75) is 19.8 Å². The molecule has 0 amide bonds. The Labute approximate surface area is 101 Å². The van der Waals surface area contributed by atoms with Crippen LogP contribution in [0.5, 0.6) is 0 Å². The lowest BCUT2D eigenvalue weighted by Gasteiger charge is -2.05. The summed E-state index contributed by atoms with van der Waals surface area (Å²) in [5.41, 5.74) is 8.50. The Bertz CT molecular complexity index is 482. The lowest BCUT2D eigenvalue weighted by Crippen LogP contribution is -2.04. The molecule has 17 heavy (non-hydrogen) atoms. The molecule has 0 aliphatic carbocycles. The highest BCUT2D eigenvalue weighted by Crippen LogP contribution is 2.16. The van der Waals surface area contributed by atoms with Crippen molar-refractivity contribution in [3.8, 4) is 11.3 Å². The van der Waals surface area contributed by atoms with Gasteiger partial charge in [-0.2, -0.15) is 0 Å². The Kier molecular flexibility index (Phi) is 3.77. The van der Waals surface area contributed by atoms with Crippen LogP contribution < -0.4 is 5.73 Å². The van der Waals surface area contributed by atoms with Crippen LogP contribution in [0.3, 0.4) is 0 Å². The summed E-state index contributed by atoms with van der Waals surface area (Å²) in [5, 5.41) is 0. The maximum atomic E-state index is 5.50. The van der Waals surface area contributed by atoms with Crippen molar-refractivity contribution in [3.63, 3.8) is 0 Å². The molecule has 0 atom stereocenters. The molecule has 2 aromatic rings. The molecule has 0 aliphatic heterocycles. The van der Waals surface area contributed by atoms with Gasteiger partial charge >= 0.3 is 0 Å². The number of rotatable bonds is 4. The Balaban J connectivity index is 2.32. The van der Waals surface area contributed by atoms with Crippen LogP contribution in [0.25, 0.3) is 11.3 Å². The van der Waals surface area contributed by atoms with Crippen LogP contribution in [0.1, 0.15) is 17.9 Å². The Hall–Kier alpha value is -1.81. The second kappa shape index (κ2) is 5.50. The summed E-state index contributed by atoms with van der Waals surface area (Å²) in [6.07, 6.45) is 5.29. The third-order valence-corrected chi connectivity index (χ3v) is 2.48. The summed E-state index contributed by atoms with van der Waals surface area (Å²) in [5.74, 6) is 0.863. The zero-order chi connectivity index (χ0) is 12.1. The molecule has 0 spiro atoms. The van der Waals surface area contributed by atoms with Gasteiger partial charge in [0.15, 0.2) is 0 Å². The van der Waals surface area contributed by atoms with Gasteiger partial charge in [0.2, 0.25) is 0 Å². The number of hydrogen-bond acceptors (Lipinski definition) is 4. The first kappa shape index (κ1) is 11.7. The van der Waals surface area contributed by atoms with Crippen molar-refractivity contribution < 1.29 is 0 Å². The molecule has 2 rings (SSSR count). The average Bonchev–Trinajstić information content (AvgIpc) is 2.37. The lowest BCUT2D eigenvalue weighted by molar-refractivity contribution is 0.777. The maximum absolute atomic E-state index is 5.50. The summed E-state index contributed by atoms with van der Waals surface area (Å²) in [6, 6.07) is 5.89. The number of nitrogens with zero attached hydrogens (tertiary/aromatic N) is 3. The van der Waals surface area contributed by atoms with Gasteiger partial charge in [0.05, 0.1) is 5.69 Å². The first-order valence-electron chi connectivity index (χ1n) is 5.74. The molecule has 2 heterocycles. The first-order chi connectivity index (χ1) is 8.29. The van der Waals surface area contributed by atoms with Crippen LogP contribution in [0.15, 0.2) is 30.6 Å². The van der Waals surface area contributed by atoms with Crippen molar-refractivity contribution in [1.82, 2.24) is 15.0 Å². The molecule has 0 fully saturated rings. The van der Waals surface area contributed by atoms with Gasteiger partial charge in [-0.3, -0.25) is 4.98 Å². The fourth-order valence-corrected chi connectivity index (χ4v) is 1.67. The highest BCUT2D eigenvalue weighted by atomic mass is 14.9. The van der Waals surface area contributed by atoms with Gasteiger partial charge in [-0.15, -0.1) is 0 Å². The van der Waals surface area contributed by atoms with Gasteiger partial charge in [-0.1, -0.05) is 0 Å². The van der Waals surface area contributed by atoms with E-state index in [0.717, 1.165) is 35.6 Å². The third kappa shape index (κ3) is 3.07. The van der Waals surface area contributed by atoms with E-state index in [1.807, 2.05) is 25.1 Å². The highest BCUT2D eigenvalue weighted by Gasteiger charge is 2.04. The number of pyridine rings is 1. The van der Waals surface area contributed by atoms with Crippen LogP contribution in [0.4, 0.5) is 0 Å². The van der Waals surface area contributed by atoms with Crippen molar-refractivity contribution in [2.75, 3.05) is 6.54 Å². The van der Waals surface area contributed by atoms with E-state index < -0.39 is 0 Å². The zero-order valence-corrected chi connectivity index (χ0v) is 9.93. The third-order valence-electron chi connectivity index (χ3n) is 2.48. The van der Waals surface area contributed by atoms with E-state index >= 15 is 0 Å². The summed E-state index contributed by atoms with van der Waals surface area (Å²) in [7, 11) is 0. The predicted molar refractivity (Wildman–Crippen MR) is 67.4 cm³/mol. The van der Waals surface area contributed by atoms with E-state index in [-0.39, 0.29) is 0 Å². The van der Waals surface area contributed by atoms with Crippen molar-refractivity contribution >= 4 is 0 Å². The molecule has 0 aliphatic rings. The van der Waals surface area contributed by atoms with Gasteiger partial charge in [0.1, 0.15) is 5.82 Å². The monoisotopic (exact) mass is 228 g/mol. The van der Waals surface area contributed by atoms with E-state index in [1.54, 1.807) is 12.4 Å². The van der Waals surface area contributed by atoms with E-state index in [1.165, 1.54) is 0 Å². The van der Waals surface area contributed by atoms with Crippen LogP contribution in [0, 0.1) is 6.92 Å². The quantitative estimate of drug-likeness (QED) is 0.865. The molecule has 0 saturated heterocycles. The molecule has 4 heteroatoms. The minimum Gasteiger partial charge on any atom is -0.330 e. The normalized spacial score (nSPS) is 10.5. The van der Waals surface area contributed by atoms with E-state index in [2.05, 4.69) is 15.0 Å². The fraction of sp³-hybridized carbons (Fsp3) is 0.308. The van der Waals surface area contributed by atoms with Crippen LogP contribution in [0.2, 0.25) is 0 Å². The lowest BCUT2D eigenvalue weighted by atomic mass is 10.1. The van der Waals surface area contributed by atoms with E-state index in [9.17, 15) is 0 Å². The number of nitrogens with two attached hydrogens (primary N) is 1. The second-order valence-electron chi connectivity index (χ2n) is 3.94. The van der Waals surface area contributed by atoms with Gasteiger partial charge in [-0.25, -0.2) is 9.97 Å². The van der Waals surface area contributed by atoms with Gasteiger partial charge in [-0.05, 0) is 38.1 Å². The summed E-state index contributed by atoms with van der Waals surface area (Å²) >= 11 is 0. The molecule has 0 saturated carbocycles. The molecule has 2 aromatic heterocycles. The summed E-state index contributed by atoms with van der Waals surface area (Å²) < 4.78 is 0. The standard InChI is InChI=1S/C13H16N4/c1-10-9-12(11-4-7-15-8-5-11)17-13(16-10)3-2-6-14/h4-5,7-9H,2-3,6,14H2,1H3. The highest BCUT2D eigenvalue weighted by molar-refractivity contribution is 5.58. The number of aryl methyl sites for hydroxylation is 2. The Morgan fingerprint density at radius 1 is 1.18 bits per heavy atom. The van der Waals surface area contributed by atoms with Crippen LogP contribution in [-0.4, -0.2) is 21.5 Å². The molecule has 4 nitrogen and oxygen atoms in total. The Morgan fingerprint density at radius 2 is 1.94 bits per heavy atom. The average molecular weight is 228 g/mol. The zero-order valence-electron chi connectivity index (χ0n) is 9.93. The molecular weight excluding hydrogens is 212 g/mol. The topological polar surface area (TPSA) is 64.7 Å². The molecule has 0 unspecified atom stereocenters. The minimum absolute atomic E-state index is 0.669. The molecule has 0 aromatic carbocycles. The van der Waals surface area contributed by atoms with E-state index in [0.29, 0.717) is 6.54 Å². The summed E-state index contributed by atoms with van der Waals surface area (Å²) in [6.45, 7) is 2.65. The number of hydrogen-bond donors (Lipinski definition) is 1. The summed E-state index contributed by atoms with van der Waals surface area (Å²) in [4.78, 5) is 13.0. The van der Waals surface area contributed by atoms with Crippen molar-refractivity contribution in [1.29, 1.82) is 0 Å². The first-order valence-corrected chi connectivity index (χ1v) is 5.74. The SMILES string of the molecule is Cc1cc(-c2ccncc2)nc(CCCN)n1. The maximum Gasteiger partial charge on any atom is 0.129 e. The van der Waals surface area contributed by atoms with E-state index in [4.69, 9.17) is 5.73 Å². The number of aromatic nitrogens is 3. The van der Waals surface area contributed by atoms with Gasteiger partial charge in [0.25, 0.3) is 0 Å². The molecule has 2 N–H and O–H groups in total. The molecular formula is C13H16N4. The molecule has 0 radical (unpaired) electrons. The van der Waals surface area contributed by atoms with Crippen molar-refractivity contribution in [3.05, 3.63) is 42.1 Å². The largest absolute Gasteiger partial charge is 0.330 e. The Morgan fingerprint density at radius 3 is 2.65 bits per heavy atom. The van der Waals surface area contributed by atoms with Crippen molar-refractivity contribution in [2.24, 2.45) is 5.73 Å². The fourth-order valence-electron chi connectivity index (χ4n) is 1.67. The minimum atomic E-state index is 0.669. The predicted octanol–water partition coefficient (Wildman–Crippen LogP) is 1.74. The van der Waals surface area contributed by atoms with Gasteiger partial charge < -0.3 is 5.73 Å². The van der Waals surface area contributed by atoms with Gasteiger partial charge in [0, 0.05) is 30.1 Å².